The van der Waals surface area contributed by atoms with E-state index in [0.717, 1.165) is 11.2 Å². The van der Waals surface area contributed by atoms with Gasteiger partial charge in [-0.25, -0.2) is 9.97 Å². The molecular weight excluding hydrogens is 202 g/mol. The molecule has 0 bridgehead atoms. The summed E-state index contributed by atoms with van der Waals surface area (Å²) in [6.45, 7) is 3.73. The molecule has 4 nitrogen and oxygen atoms in total. The van der Waals surface area contributed by atoms with E-state index >= 15 is 0 Å². The summed E-state index contributed by atoms with van der Waals surface area (Å²) in [7, 11) is 0. The minimum Gasteiger partial charge on any atom is -0.299 e. The smallest absolute Gasteiger partial charge is 0.178 e. The Bertz CT molecular complexity index is 524. The fourth-order valence-electron chi connectivity index (χ4n) is 1.58. The Kier molecular flexibility index (Phi) is 2.90. The predicted octanol–water partition coefficient (Wildman–Crippen LogP) is 2.11. The lowest BCUT2D eigenvalue weighted by Crippen LogP contribution is -2.09. The molecule has 4 heteroatoms. The Morgan fingerprint density at radius 3 is 2.81 bits per heavy atom. The number of hydrogen-bond acceptors (Lipinski definition) is 4. The third-order valence-corrected chi connectivity index (χ3v) is 2.63. The molecule has 1 unspecified atom stereocenters. The van der Waals surface area contributed by atoms with Gasteiger partial charge in [0.2, 0.25) is 0 Å². The maximum absolute atomic E-state index is 11.6. The van der Waals surface area contributed by atoms with Crippen molar-refractivity contribution in [3.05, 3.63) is 30.2 Å². The van der Waals surface area contributed by atoms with Gasteiger partial charge >= 0.3 is 0 Å². The van der Waals surface area contributed by atoms with Crippen LogP contribution >= 0.6 is 0 Å². The largest absolute Gasteiger partial charge is 0.299 e. The summed E-state index contributed by atoms with van der Waals surface area (Å²) in [5.41, 5.74) is 2.11. The minimum absolute atomic E-state index is 0.170. The highest BCUT2D eigenvalue weighted by molar-refractivity contribution is 5.85. The number of hydrogen-bond donors (Lipinski definition) is 0. The van der Waals surface area contributed by atoms with Gasteiger partial charge in [-0.05, 0) is 19.1 Å². The topological polar surface area (TPSA) is 55.7 Å². The summed E-state index contributed by atoms with van der Waals surface area (Å²) >= 11 is 0. The fraction of sp³-hybridized carbons (Fsp3) is 0.333. The molecule has 0 saturated carbocycles. The number of carbonyl (C=O) groups excluding carboxylic acids is 1. The van der Waals surface area contributed by atoms with Crippen molar-refractivity contribution in [3.63, 3.8) is 0 Å². The van der Waals surface area contributed by atoms with Crippen molar-refractivity contribution in [2.75, 3.05) is 0 Å². The molecule has 16 heavy (non-hydrogen) atoms. The third-order valence-electron chi connectivity index (χ3n) is 2.63. The van der Waals surface area contributed by atoms with E-state index in [1.165, 1.54) is 0 Å². The lowest BCUT2D eigenvalue weighted by molar-refractivity contribution is -0.119. The van der Waals surface area contributed by atoms with Crippen LogP contribution in [-0.4, -0.2) is 20.7 Å². The zero-order chi connectivity index (χ0) is 11.5. The quantitative estimate of drug-likeness (QED) is 0.786. The Morgan fingerprint density at radius 2 is 2.06 bits per heavy atom. The van der Waals surface area contributed by atoms with E-state index in [-0.39, 0.29) is 11.7 Å². The summed E-state index contributed by atoms with van der Waals surface area (Å²) in [4.78, 5) is 24.2. The van der Waals surface area contributed by atoms with E-state index in [1.807, 2.05) is 26.0 Å². The molecular formula is C12H13N3O. The SMILES string of the molecule is CCC(=O)C(C)c1ccc2nccnc2n1. The van der Waals surface area contributed by atoms with Crippen molar-refractivity contribution in [2.24, 2.45) is 0 Å². The molecule has 0 N–H and O–H groups in total. The highest BCUT2D eigenvalue weighted by Gasteiger charge is 2.15. The number of carbonyl (C=O) groups is 1. The van der Waals surface area contributed by atoms with Crippen molar-refractivity contribution in [3.8, 4) is 0 Å². The van der Waals surface area contributed by atoms with Crippen LogP contribution in [-0.2, 0) is 4.79 Å². The van der Waals surface area contributed by atoms with E-state index in [0.29, 0.717) is 12.1 Å². The molecule has 2 aromatic rings. The molecule has 0 saturated heterocycles. The van der Waals surface area contributed by atoms with E-state index in [2.05, 4.69) is 15.0 Å². The molecule has 0 aliphatic carbocycles. The standard InChI is InChI=1S/C12H13N3O/c1-3-11(16)8(2)9-4-5-10-12(15-9)14-7-6-13-10/h4-8H,3H2,1-2H3. The number of pyridine rings is 1. The molecule has 0 aliphatic heterocycles. The van der Waals surface area contributed by atoms with Crippen molar-refractivity contribution in [1.29, 1.82) is 0 Å². The lowest BCUT2D eigenvalue weighted by atomic mass is 10.00. The zero-order valence-electron chi connectivity index (χ0n) is 9.34. The highest BCUT2D eigenvalue weighted by atomic mass is 16.1. The average molecular weight is 215 g/mol. The molecule has 2 heterocycles. The first kappa shape index (κ1) is 10.7. The summed E-state index contributed by atoms with van der Waals surface area (Å²) in [6, 6.07) is 3.69. The summed E-state index contributed by atoms with van der Waals surface area (Å²) in [5, 5.41) is 0. The summed E-state index contributed by atoms with van der Waals surface area (Å²) in [6.07, 6.45) is 3.76. The van der Waals surface area contributed by atoms with Gasteiger partial charge in [0.05, 0.1) is 11.6 Å². The highest BCUT2D eigenvalue weighted by Crippen LogP contribution is 2.17. The van der Waals surface area contributed by atoms with Gasteiger partial charge in [-0.1, -0.05) is 6.92 Å². The van der Waals surface area contributed by atoms with Gasteiger partial charge < -0.3 is 0 Å². The van der Waals surface area contributed by atoms with E-state index in [9.17, 15) is 4.79 Å². The second-order valence-electron chi connectivity index (χ2n) is 3.68. The molecule has 0 aromatic carbocycles. The van der Waals surface area contributed by atoms with Gasteiger partial charge in [0.15, 0.2) is 5.65 Å². The van der Waals surface area contributed by atoms with Crippen molar-refractivity contribution < 1.29 is 4.79 Å². The minimum atomic E-state index is -0.170. The Labute approximate surface area is 93.8 Å². The van der Waals surface area contributed by atoms with Gasteiger partial charge in [-0.2, -0.15) is 0 Å². The molecule has 82 valence electrons. The molecule has 2 aromatic heterocycles. The molecule has 0 aliphatic rings. The van der Waals surface area contributed by atoms with Gasteiger partial charge in [0.1, 0.15) is 11.3 Å². The maximum atomic E-state index is 11.6. The third kappa shape index (κ3) is 1.91. The van der Waals surface area contributed by atoms with Crippen LogP contribution in [0.5, 0.6) is 0 Å². The second kappa shape index (κ2) is 4.35. The predicted molar refractivity (Wildman–Crippen MR) is 61.0 cm³/mol. The van der Waals surface area contributed by atoms with Gasteiger partial charge in [0, 0.05) is 18.8 Å². The number of nitrogens with zero attached hydrogens (tertiary/aromatic N) is 3. The normalized spacial score (nSPS) is 12.6. The first-order valence-electron chi connectivity index (χ1n) is 5.32. The van der Waals surface area contributed by atoms with Crippen LogP contribution < -0.4 is 0 Å². The zero-order valence-corrected chi connectivity index (χ0v) is 9.34. The lowest BCUT2D eigenvalue weighted by Gasteiger charge is -2.08. The van der Waals surface area contributed by atoms with Crippen LogP contribution in [0.4, 0.5) is 0 Å². The van der Waals surface area contributed by atoms with Gasteiger partial charge in [-0.3, -0.25) is 9.78 Å². The maximum Gasteiger partial charge on any atom is 0.178 e. The summed E-state index contributed by atoms with van der Waals surface area (Å²) < 4.78 is 0. The Hall–Kier alpha value is -1.84. The van der Waals surface area contributed by atoms with E-state index < -0.39 is 0 Å². The molecule has 0 amide bonds. The number of aromatic nitrogens is 3. The van der Waals surface area contributed by atoms with E-state index in [4.69, 9.17) is 0 Å². The van der Waals surface area contributed by atoms with Gasteiger partial charge in [-0.15, -0.1) is 0 Å². The monoisotopic (exact) mass is 215 g/mol. The molecule has 1 atom stereocenters. The number of rotatable bonds is 3. The first-order valence-corrected chi connectivity index (χ1v) is 5.32. The molecule has 2 rings (SSSR count). The first-order chi connectivity index (χ1) is 7.72. The van der Waals surface area contributed by atoms with Crippen LogP contribution in [0.25, 0.3) is 11.2 Å². The number of fused-ring (bicyclic) bond motifs is 1. The van der Waals surface area contributed by atoms with Crippen molar-refractivity contribution >= 4 is 16.9 Å². The average Bonchev–Trinajstić information content (AvgIpc) is 2.36. The second-order valence-corrected chi connectivity index (χ2v) is 3.68. The van der Waals surface area contributed by atoms with Crippen LogP contribution in [0.3, 0.4) is 0 Å². The van der Waals surface area contributed by atoms with Gasteiger partial charge in [0.25, 0.3) is 0 Å². The number of ketones is 1. The Morgan fingerprint density at radius 1 is 1.31 bits per heavy atom. The van der Waals surface area contributed by atoms with Crippen LogP contribution in [0, 0.1) is 0 Å². The van der Waals surface area contributed by atoms with Crippen molar-refractivity contribution in [1.82, 2.24) is 15.0 Å². The fourth-order valence-corrected chi connectivity index (χ4v) is 1.58. The van der Waals surface area contributed by atoms with Crippen LogP contribution in [0.15, 0.2) is 24.5 Å². The summed E-state index contributed by atoms with van der Waals surface area (Å²) in [5.74, 6) is 0.0205. The van der Waals surface area contributed by atoms with E-state index in [1.54, 1.807) is 12.4 Å². The number of Topliss-reactive ketones (excluding diaryl/α,β-unsaturated/α-hetero) is 1. The van der Waals surface area contributed by atoms with Crippen LogP contribution in [0.2, 0.25) is 0 Å². The Balaban J connectivity index is 2.43. The van der Waals surface area contributed by atoms with Crippen LogP contribution in [0.1, 0.15) is 31.9 Å². The molecule has 0 spiro atoms. The molecule has 0 fully saturated rings. The van der Waals surface area contributed by atoms with Crippen molar-refractivity contribution in [2.45, 2.75) is 26.2 Å². The molecule has 0 radical (unpaired) electrons.